The molecule has 1 aromatic rings. The second kappa shape index (κ2) is 6.08. The number of hydrogen-bond donors (Lipinski definition) is 2. The summed E-state index contributed by atoms with van der Waals surface area (Å²) in [6.45, 7) is 3.10. The predicted molar refractivity (Wildman–Crippen MR) is 74.3 cm³/mol. The molecule has 21 heavy (non-hydrogen) atoms. The van der Waals surface area contributed by atoms with Crippen molar-refractivity contribution < 1.29 is 24.2 Å². The normalized spacial score (nSPS) is 12.7. The Morgan fingerprint density at radius 1 is 1.48 bits per heavy atom. The van der Waals surface area contributed by atoms with Gasteiger partial charge in [-0.25, -0.2) is 0 Å². The average Bonchev–Trinajstić information content (AvgIpc) is 2.45. The van der Waals surface area contributed by atoms with Crippen molar-refractivity contribution in [2.45, 2.75) is 0 Å². The molecular weight excluding hydrogens is 276 g/mol. The van der Waals surface area contributed by atoms with E-state index in [2.05, 4.69) is 11.9 Å². The Morgan fingerprint density at radius 3 is 2.90 bits per heavy atom. The van der Waals surface area contributed by atoms with Crippen LogP contribution in [0.3, 0.4) is 0 Å². The van der Waals surface area contributed by atoms with Gasteiger partial charge in [0, 0.05) is 12.1 Å². The summed E-state index contributed by atoms with van der Waals surface area (Å²) in [6.07, 6.45) is 1.45. The summed E-state index contributed by atoms with van der Waals surface area (Å²) in [5.41, 5.74) is 0.768. The number of nitrogens with zero attached hydrogens (tertiary/aromatic N) is 1. The van der Waals surface area contributed by atoms with Crippen molar-refractivity contribution in [1.82, 2.24) is 4.90 Å². The van der Waals surface area contributed by atoms with Gasteiger partial charge in [-0.1, -0.05) is 6.08 Å². The Bertz CT molecular complexity index is 611. The first-order chi connectivity index (χ1) is 10.0. The Morgan fingerprint density at radius 2 is 2.24 bits per heavy atom. The minimum Gasteiger partial charge on any atom is -0.482 e. The number of hydrogen-bond acceptors (Lipinski definition) is 4. The van der Waals surface area contributed by atoms with Crippen LogP contribution in [0.4, 0.5) is 5.69 Å². The monoisotopic (exact) mass is 290 g/mol. The highest BCUT2D eigenvalue weighted by Gasteiger charge is 2.21. The fourth-order valence-corrected chi connectivity index (χ4v) is 1.93. The van der Waals surface area contributed by atoms with Crippen LogP contribution >= 0.6 is 0 Å². The molecule has 110 valence electrons. The molecule has 0 spiro atoms. The molecule has 2 rings (SSSR count). The standard InChI is InChI=1S/C14H14N2O5/c1-2-5-16(7-13(18)19)14(20)9-3-4-10-11(6-9)21-8-12(17)15-10/h2-4,6H,1,5,7-8H2,(H,15,17)(H,18,19). The number of anilines is 1. The number of aliphatic carboxylic acids is 1. The molecule has 7 heteroatoms. The van der Waals surface area contributed by atoms with Crippen LogP contribution in [0, 0.1) is 0 Å². The lowest BCUT2D eigenvalue weighted by atomic mass is 10.1. The molecule has 0 bridgehead atoms. The smallest absolute Gasteiger partial charge is 0.323 e. The molecule has 0 saturated heterocycles. The Balaban J connectivity index is 2.23. The number of carboxylic acids is 1. The van der Waals surface area contributed by atoms with E-state index in [1.165, 1.54) is 18.2 Å². The van der Waals surface area contributed by atoms with Crippen LogP contribution in [-0.4, -0.2) is 47.5 Å². The van der Waals surface area contributed by atoms with E-state index in [0.717, 1.165) is 4.90 Å². The summed E-state index contributed by atoms with van der Waals surface area (Å²) in [5.74, 6) is -1.43. The van der Waals surface area contributed by atoms with Crippen molar-refractivity contribution in [3.05, 3.63) is 36.4 Å². The molecular formula is C14H14N2O5. The van der Waals surface area contributed by atoms with E-state index in [1.54, 1.807) is 6.07 Å². The fourth-order valence-electron chi connectivity index (χ4n) is 1.93. The minimum absolute atomic E-state index is 0.115. The molecule has 1 aromatic carbocycles. The second-order valence-corrected chi connectivity index (χ2v) is 4.42. The molecule has 0 unspecified atom stereocenters. The van der Waals surface area contributed by atoms with Gasteiger partial charge in [0.25, 0.3) is 11.8 Å². The van der Waals surface area contributed by atoms with Gasteiger partial charge < -0.3 is 20.1 Å². The van der Waals surface area contributed by atoms with Crippen molar-refractivity contribution in [1.29, 1.82) is 0 Å². The summed E-state index contributed by atoms with van der Waals surface area (Å²) in [4.78, 5) is 35.4. The third-order valence-corrected chi connectivity index (χ3v) is 2.82. The maximum Gasteiger partial charge on any atom is 0.323 e. The summed E-state index contributed by atoms with van der Waals surface area (Å²) >= 11 is 0. The molecule has 0 radical (unpaired) electrons. The maximum atomic E-state index is 12.3. The first-order valence-corrected chi connectivity index (χ1v) is 6.20. The lowest BCUT2D eigenvalue weighted by Crippen LogP contribution is -2.36. The van der Waals surface area contributed by atoms with E-state index in [9.17, 15) is 14.4 Å². The zero-order valence-corrected chi connectivity index (χ0v) is 11.2. The van der Waals surface area contributed by atoms with Gasteiger partial charge in [0.2, 0.25) is 0 Å². The van der Waals surface area contributed by atoms with Gasteiger partial charge in [0.15, 0.2) is 6.61 Å². The largest absolute Gasteiger partial charge is 0.482 e. The van der Waals surface area contributed by atoms with Crippen molar-refractivity contribution in [2.24, 2.45) is 0 Å². The van der Waals surface area contributed by atoms with Crippen LogP contribution in [0.1, 0.15) is 10.4 Å². The number of carbonyl (C=O) groups excluding carboxylic acids is 2. The molecule has 1 aliphatic heterocycles. The molecule has 1 aliphatic rings. The molecule has 0 aromatic heterocycles. The van der Waals surface area contributed by atoms with E-state index in [4.69, 9.17) is 9.84 Å². The molecule has 2 N–H and O–H groups in total. The van der Waals surface area contributed by atoms with Crippen LogP contribution in [0.15, 0.2) is 30.9 Å². The fraction of sp³-hybridized carbons (Fsp3) is 0.214. The first kappa shape index (κ1) is 14.6. The minimum atomic E-state index is -1.10. The van der Waals surface area contributed by atoms with E-state index in [0.29, 0.717) is 11.4 Å². The summed E-state index contributed by atoms with van der Waals surface area (Å²) in [7, 11) is 0. The lowest BCUT2D eigenvalue weighted by molar-refractivity contribution is -0.137. The zero-order chi connectivity index (χ0) is 15.4. The van der Waals surface area contributed by atoms with E-state index in [-0.39, 0.29) is 24.6 Å². The average molecular weight is 290 g/mol. The van der Waals surface area contributed by atoms with Crippen molar-refractivity contribution in [2.75, 3.05) is 25.0 Å². The Labute approximate surface area is 120 Å². The Hall–Kier alpha value is -2.83. The topological polar surface area (TPSA) is 95.9 Å². The number of fused-ring (bicyclic) bond motifs is 1. The van der Waals surface area contributed by atoms with Gasteiger partial charge in [-0.2, -0.15) is 0 Å². The van der Waals surface area contributed by atoms with Gasteiger partial charge in [0.1, 0.15) is 12.3 Å². The van der Waals surface area contributed by atoms with Gasteiger partial charge in [0.05, 0.1) is 5.69 Å². The van der Waals surface area contributed by atoms with Crippen LogP contribution in [-0.2, 0) is 9.59 Å². The van der Waals surface area contributed by atoms with Crippen molar-refractivity contribution in [3.8, 4) is 5.75 Å². The predicted octanol–water partition coefficient (Wildman–Crippen LogP) is 0.730. The summed E-state index contributed by atoms with van der Waals surface area (Å²) in [5, 5.41) is 11.4. The maximum absolute atomic E-state index is 12.3. The molecule has 0 aliphatic carbocycles. The second-order valence-electron chi connectivity index (χ2n) is 4.42. The van der Waals surface area contributed by atoms with E-state index >= 15 is 0 Å². The van der Waals surface area contributed by atoms with Crippen LogP contribution in [0.5, 0.6) is 5.75 Å². The zero-order valence-electron chi connectivity index (χ0n) is 11.2. The van der Waals surface area contributed by atoms with Gasteiger partial charge >= 0.3 is 5.97 Å². The van der Waals surface area contributed by atoms with Crippen molar-refractivity contribution >= 4 is 23.5 Å². The number of nitrogens with one attached hydrogen (secondary N) is 1. The lowest BCUT2D eigenvalue weighted by Gasteiger charge is -2.21. The SMILES string of the molecule is C=CCN(CC(=O)O)C(=O)c1ccc2c(c1)OCC(=O)N2. The summed E-state index contributed by atoms with van der Waals surface area (Å²) in [6, 6.07) is 4.54. The molecule has 0 fully saturated rings. The first-order valence-electron chi connectivity index (χ1n) is 6.20. The van der Waals surface area contributed by atoms with E-state index < -0.39 is 18.4 Å². The highest BCUT2D eigenvalue weighted by Crippen LogP contribution is 2.28. The summed E-state index contributed by atoms with van der Waals surface area (Å²) < 4.78 is 5.23. The quantitative estimate of drug-likeness (QED) is 0.779. The number of ether oxygens (including phenoxy) is 1. The highest BCUT2D eigenvalue weighted by atomic mass is 16.5. The molecule has 7 nitrogen and oxygen atoms in total. The van der Waals surface area contributed by atoms with Crippen LogP contribution in [0.2, 0.25) is 0 Å². The number of amides is 2. The molecule has 2 amide bonds. The third-order valence-electron chi connectivity index (χ3n) is 2.82. The number of benzene rings is 1. The van der Waals surface area contributed by atoms with Gasteiger partial charge in [-0.15, -0.1) is 6.58 Å². The van der Waals surface area contributed by atoms with Crippen LogP contribution in [0.25, 0.3) is 0 Å². The highest BCUT2D eigenvalue weighted by molar-refractivity contribution is 5.99. The molecule has 0 saturated carbocycles. The van der Waals surface area contributed by atoms with Gasteiger partial charge in [-0.05, 0) is 18.2 Å². The van der Waals surface area contributed by atoms with Crippen molar-refractivity contribution in [3.63, 3.8) is 0 Å². The number of rotatable bonds is 5. The van der Waals surface area contributed by atoms with Gasteiger partial charge in [-0.3, -0.25) is 14.4 Å². The number of carboxylic acid groups (broad SMARTS) is 1. The molecule has 1 heterocycles. The van der Waals surface area contributed by atoms with E-state index in [1.807, 2.05) is 0 Å². The Kier molecular flexibility index (Phi) is 4.22. The number of carbonyl (C=O) groups is 3. The van der Waals surface area contributed by atoms with Crippen LogP contribution < -0.4 is 10.1 Å². The third kappa shape index (κ3) is 3.38. The molecule has 0 atom stereocenters.